The van der Waals surface area contributed by atoms with Crippen LogP contribution in [0.5, 0.6) is 0 Å². The zero-order valence-corrected chi connectivity index (χ0v) is 13.4. The minimum Gasteiger partial charge on any atom is -0.330 e. The van der Waals surface area contributed by atoms with Crippen LogP contribution in [-0.2, 0) is 10.2 Å². The van der Waals surface area contributed by atoms with Crippen molar-refractivity contribution in [3.63, 3.8) is 0 Å². The Hall–Kier alpha value is -0.170. The molecule has 20 heavy (non-hydrogen) atoms. The average molecular weight is 303 g/mol. The zero-order chi connectivity index (χ0) is 14.6. The molecule has 6 heteroatoms. The predicted octanol–water partition coefficient (Wildman–Crippen LogP) is 1.56. The molecule has 0 aromatic heterocycles. The van der Waals surface area contributed by atoms with Gasteiger partial charge in [0.25, 0.3) is 10.2 Å². The molecule has 2 N–H and O–H groups in total. The molecule has 0 amide bonds. The van der Waals surface area contributed by atoms with Crippen LogP contribution in [0.4, 0.5) is 0 Å². The fourth-order valence-corrected chi connectivity index (χ4v) is 5.48. The SMILES string of the molecule is CCCC1CCCCN1S(=O)(=O)N1CCCC(CN)C1. The second kappa shape index (κ2) is 7.20. The van der Waals surface area contributed by atoms with Gasteiger partial charge >= 0.3 is 0 Å². The van der Waals surface area contributed by atoms with Crippen LogP contribution in [0.2, 0.25) is 0 Å². The lowest BCUT2D eigenvalue weighted by atomic mass is 10.0. The van der Waals surface area contributed by atoms with Crippen molar-refractivity contribution in [3.8, 4) is 0 Å². The van der Waals surface area contributed by atoms with E-state index in [2.05, 4.69) is 6.92 Å². The molecule has 0 aromatic carbocycles. The van der Waals surface area contributed by atoms with Crippen LogP contribution < -0.4 is 5.73 Å². The van der Waals surface area contributed by atoms with Gasteiger partial charge in [-0.3, -0.25) is 0 Å². The van der Waals surface area contributed by atoms with Gasteiger partial charge in [-0.2, -0.15) is 17.0 Å². The molecule has 5 nitrogen and oxygen atoms in total. The fourth-order valence-electron chi connectivity index (χ4n) is 3.48. The van der Waals surface area contributed by atoms with E-state index in [-0.39, 0.29) is 6.04 Å². The first kappa shape index (κ1) is 16.2. The summed E-state index contributed by atoms with van der Waals surface area (Å²) in [6, 6.07) is 0.206. The van der Waals surface area contributed by atoms with Gasteiger partial charge in [0.1, 0.15) is 0 Å². The smallest absolute Gasteiger partial charge is 0.282 e. The van der Waals surface area contributed by atoms with Crippen molar-refractivity contribution < 1.29 is 8.42 Å². The number of hydrogen-bond donors (Lipinski definition) is 1. The first-order valence-electron chi connectivity index (χ1n) is 8.06. The lowest BCUT2D eigenvalue weighted by molar-refractivity contribution is 0.201. The monoisotopic (exact) mass is 303 g/mol. The zero-order valence-electron chi connectivity index (χ0n) is 12.6. The molecule has 0 aliphatic carbocycles. The summed E-state index contributed by atoms with van der Waals surface area (Å²) >= 11 is 0. The van der Waals surface area contributed by atoms with Crippen LogP contribution in [0, 0.1) is 5.92 Å². The second-order valence-corrected chi connectivity index (χ2v) is 8.04. The normalized spacial score (nSPS) is 30.5. The van der Waals surface area contributed by atoms with Gasteiger partial charge < -0.3 is 5.73 Å². The number of piperidine rings is 2. The van der Waals surface area contributed by atoms with Gasteiger partial charge in [-0.25, -0.2) is 0 Å². The second-order valence-electron chi connectivity index (χ2n) is 6.16. The van der Waals surface area contributed by atoms with Gasteiger partial charge in [-0.05, 0) is 44.6 Å². The third-order valence-electron chi connectivity index (χ3n) is 4.63. The van der Waals surface area contributed by atoms with Crippen LogP contribution in [0.25, 0.3) is 0 Å². The largest absolute Gasteiger partial charge is 0.330 e. The van der Waals surface area contributed by atoms with Crippen LogP contribution in [0.1, 0.15) is 51.9 Å². The van der Waals surface area contributed by atoms with E-state index >= 15 is 0 Å². The Morgan fingerprint density at radius 1 is 1.15 bits per heavy atom. The summed E-state index contributed by atoms with van der Waals surface area (Å²) in [6.07, 6.45) is 7.18. The first-order chi connectivity index (χ1) is 9.59. The first-order valence-corrected chi connectivity index (χ1v) is 9.46. The van der Waals surface area contributed by atoms with Gasteiger partial charge in [-0.15, -0.1) is 0 Å². The summed E-state index contributed by atoms with van der Waals surface area (Å²) in [5, 5.41) is 0. The van der Waals surface area contributed by atoms with E-state index < -0.39 is 10.2 Å². The summed E-state index contributed by atoms with van der Waals surface area (Å²) < 4.78 is 29.3. The molecule has 2 saturated heterocycles. The molecule has 0 bridgehead atoms. The number of rotatable bonds is 5. The molecule has 2 aliphatic heterocycles. The predicted molar refractivity (Wildman–Crippen MR) is 81.5 cm³/mol. The molecule has 0 aromatic rings. The molecule has 2 atom stereocenters. The van der Waals surface area contributed by atoms with Crippen LogP contribution in [0.15, 0.2) is 0 Å². The van der Waals surface area contributed by atoms with Crippen LogP contribution in [0.3, 0.4) is 0 Å². The van der Waals surface area contributed by atoms with E-state index in [4.69, 9.17) is 5.73 Å². The maximum atomic E-state index is 12.9. The van der Waals surface area contributed by atoms with E-state index in [0.717, 1.165) is 44.9 Å². The summed E-state index contributed by atoms with van der Waals surface area (Å²) in [5.74, 6) is 0.327. The third kappa shape index (κ3) is 3.53. The van der Waals surface area contributed by atoms with E-state index in [9.17, 15) is 8.42 Å². The molecule has 0 saturated carbocycles. The lowest BCUT2D eigenvalue weighted by Crippen LogP contribution is -2.53. The topological polar surface area (TPSA) is 66.6 Å². The molecule has 0 spiro atoms. The van der Waals surface area contributed by atoms with Crippen molar-refractivity contribution in [3.05, 3.63) is 0 Å². The fraction of sp³-hybridized carbons (Fsp3) is 1.00. The van der Waals surface area contributed by atoms with Gasteiger partial charge in [0.05, 0.1) is 0 Å². The highest BCUT2D eigenvalue weighted by atomic mass is 32.2. The Morgan fingerprint density at radius 3 is 2.65 bits per heavy atom. The summed E-state index contributed by atoms with van der Waals surface area (Å²) in [7, 11) is -3.29. The maximum Gasteiger partial charge on any atom is 0.282 e. The molecule has 2 unspecified atom stereocenters. The highest BCUT2D eigenvalue weighted by Gasteiger charge is 2.37. The summed E-state index contributed by atoms with van der Waals surface area (Å²) in [4.78, 5) is 0. The molecular formula is C14H29N3O2S. The van der Waals surface area contributed by atoms with Gasteiger partial charge in [0.15, 0.2) is 0 Å². The highest BCUT2D eigenvalue weighted by Crippen LogP contribution is 2.28. The highest BCUT2D eigenvalue weighted by molar-refractivity contribution is 7.86. The van der Waals surface area contributed by atoms with Gasteiger partial charge in [0.2, 0.25) is 0 Å². The molecular weight excluding hydrogens is 274 g/mol. The minimum absolute atomic E-state index is 0.206. The maximum absolute atomic E-state index is 12.9. The van der Waals surface area contributed by atoms with Gasteiger partial charge in [-0.1, -0.05) is 19.8 Å². The van der Waals surface area contributed by atoms with E-state index in [1.165, 1.54) is 0 Å². The van der Waals surface area contributed by atoms with Crippen molar-refractivity contribution in [1.29, 1.82) is 0 Å². The van der Waals surface area contributed by atoms with E-state index in [1.807, 2.05) is 0 Å². The van der Waals surface area contributed by atoms with E-state index in [1.54, 1.807) is 8.61 Å². The standard InChI is InChI=1S/C14H29N3O2S/c1-2-6-14-8-3-4-10-17(14)20(18,19)16-9-5-7-13(11-15)12-16/h13-14H,2-12,15H2,1H3. The Labute approximate surface area is 123 Å². The Balaban J connectivity index is 2.10. The molecule has 118 valence electrons. The minimum atomic E-state index is -3.29. The van der Waals surface area contributed by atoms with Gasteiger partial charge in [0, 0.05) is 25.7 Å². The third-order valence-corrected chi connectivity index (χ3v) is 6.69. The van der Waals surface area contributed by atoms with Crippen molar-refractivity contribution in [1.82, 2.24) is 8.61 Å². The van der Waals surface area contributed by atoms with Crippen molar-refractivity contribution >= 4 is 10.2 Å². The molecule has 2 rings (SSSR count). The van der Waals surface area contributed by atoms with Crippen molar-refractivity contribution in [2.45, 2.75) is 57.9 Å². The number of hydrogen-bond acceptors (Lipinski definition) is 3. The molecule has 2 heterocycles. The molecule has 0 radical (unpaired) electrons. The van der Waals surface area contributed by atoms with Crippen molar-refractivity contribution in [2.24, 2.45) is 11.7 Å². The quantitative estimate of drug-likeness (QED) is 0.838. The Bertz CT molecular complexity index is 397. The summed E-state index contributed by atoms with van der Waals surface area (Å²) in [5.41, 5.74) is 5.73. The van der Waals surface area contributed by atoms with Crippen LogP contribution >= 0.6 is 0 Å². The average Bonchev–Trinajstić information content (AvgIpc) is 2.48. The number of nitrogens with two attached hydrogens (primary N) is 1. The Kier molecular flexibility index (Phi) is 5.84. The lowest BCUT2D eigenvalue weighted by Gasteiger charge is -2.40. The molecule has 2 aliphatic rings. The Morgan fingerprint density at radius 2 is 1.95 bits per heavy atom. The van der Waals surface area contributed by atoms with E-state index in [0.29, 0.717) is 32.1 Å². The number of nitrogens with zero attached hydrogens (tertiary/aromatic N) is 2. The van der Waals surface area contributed by atoms with Crippen LogP contribution in [-0.4, -0.2) is 49.2 Å². The van der Waals surface area contributed by atoms with Crippen molar-refractivity contribution in [2.75, 3.05) is 26.2 Å². The summed E-state index contributed by atoms with van der Waals surface area (Å²) in [6.45, 7) is 4.67. The molecule has 2 fully saturated rings.